The first-order chi connectivity index (χ1) is 13.1. The van der Waals surface area contributed by atoms with Crippen molar-refractivity contribution in [2.24, 2.45) is 0 Å². The average molecular weight is 365 g/mol. The minimum atomic E-state index is -1.09. The van der Waals surface area contributed by atoms with E-state index >= 15 is 0 Å². The SMILES string of the molecule is COc1ccccc1-n1cc(C(=O)N[C@@H](Cc2ccccc2)C(=O)O)cn1. The molecule has 1 atom stereocenters. The quantitative estimate of drug-likeness (QED) is 0.670. The molecule has 3 rings (SSSR count). The van der Waals surface area contributed by atoms with Crippen LogP contribution in [0.15, 0.2) is 67.0 Å². The molecule has 0 aliphatic heterocycles. The van der Waals surface area contributed by atoms with E-state index in [1.165, 1.54) is 17.1 Å². The van der Waals surface area contributed by atoms with Crippen LogP contribution in [-0.4, -0.2) is 39.9 Å². The van der Waals surface area contributed by atoms with Crippen molar-refractivity contribution in [2.45, 2.75) is 12.5 Å². The fourth-order valence-electron chi connectivity index (χ4n) is 2.68. The lowest BCUT2D eigenvalue weighted by molar-refractivity contribution is -0.139. The molecule has 0 unspecified atom stereocenters. The molecule has 138 valence electrons. The number of amides is 1. The van der Waals surface area contributed by atoms with Crippen LogP contribution in [0.5, 0.6) is 5.75 Å². The van der Waals surface area contributed by atoms with Crippen LogP contribution in [0.1, 0.15) is 15.9 Å². The lowest BCUT2D eigenvalue weighted by Crippen LogP contribution is -2.42. The van der Waals surface area contributed by atoms with Gasteiger partial charge in [-0.15, -0.1) is 0 Å². The van der Waals surface area contributed by atoms with Gasteiger partial charge in [0.25, 0.3) is 5.91 Å². The summed E-state index contributed by atoms with van der Waals surface area (Å²) in [5, 5.41) is 16.2. The van der Waals surface area contributed by atoms with Crippen LogP contribution in [0.2, 0.25) is 0 Å². The molecule has 2 N–H and O–H groups in total. The first kappa shape index (κ1) is 18.2. The second kappa shape index (κ2) is 8.18. The van der Waals surface area contributed by atoms with E-state index in [4.69, 9.17) is 4.74 Å². The fourth-order valence-corrected chi connectivity index (χ4v) is 2.68. The average Bonchev–Trinajstić information content (AvgIpc) is 3.18. The van der Waals surface area contributed by atoms with Crippen LogP contribution in [0.25, 0.3) is 5.69 Å². The number of benzene rings is 2. The smallest absolute Gasteiger partial charge is 0.326 e. The Labute approximate surface area is 156 Å². The van der Waals surface area contributed by atoms with E-state index in [2.05, 4.69) is 10.4 Å². The zero-order chi connectivity index (χ0) is 19.2. The van der Waals surface area contributed by atoms with Gasteiger partial charge in [-0.25, -0.2) is 9.48 Å². The van der Waals surface area contributed by atoms with E-state index in [0.29, 0.717) is 11.4 Å². The van der Waals surface area contributed by atoms with Crippen molar-refractivity contribution in [3.63, 3.8) is 0 Å². The first-order valence-electron chi connectivity index (χ1n) is 8.34. The number of rotatable bonds is 7. The highest BCUT2D eigenvalue weighted by Gasteiger charge is 2.22. The Balaban J connectivity index is 1.75. The molecule has 0 spiro atoms. The highest BCUT2D eigenvalue weighted by Crippen LogP contribution is 2.21. The molecule has 7 nitrogen and oxygen atoms in total. The minimum absolute atomic E-state index is 0.197. The van der Waals surface area contributed by atoms with Gasteiger partial charge in [-0.3, -0.25) is 4.79 Å². The number of nitrogens with zero attached hydrogens (tertiary/aromatic N) is 2. The van der Waals surface area contributed by atoms with Crippen molar-refractivity contribution in [3.8, 4) is 11.4 Å². The molecule has 2 aromatic carbocycles. The number of aromatic nitrogens is 2. The van der Waals surface area contributed by atoms with Crippen LogP contribution in [0.4, 0.5) is 0 Å². The van der Waals surface area contributed by atoms with E-state index in [9.17, 15) is 14.7 Å². The monoisotopic (exact) mass is 365 g/mol. The van der Waals surface area contributed by atoms with Crippen LogP contribution in [-0.2, 0) is 11.2 Å². The van der Waals surface area contributed by atoms with Crippen molar-refractivity contribution in [2.75, 3.05) is 7.11 Å². The third-order valence-corrected chi connectivity index (χ3v) is 4.06. The Morgan fingerprint density at radius 3 is 2.56 bits per heavy atom. The molecule has 0 saturated carbocycles. The van der Waals surface area contributed by atoms with Crippen molar-refractivity contribution in [1.82, 2.24) is 15.1 Å². The largest absolute Gasteiger partial charge is 0.494 e. The molecular weight excluding hydrogens is 346 g/mol. The van der Waals surface area contributed by atoms with Gasteiger partial charge in [0.1, 0.15) is 17.5 Å². The number of carboxylic acid groups (broad SMARTS) is 1. The van der Waals surface area contributed by atoms with Crippen molar-refractivity contribution in [1.29, 1.82) is 0 Å². The van der Waals surface area contributed by atoms with Gasteiger partial charge in [-0.05, 0) is 17.7 Å². The Morgan fingerprint density at radius 2 is 1.85 bits per heavy atom. The first-order valence-corrected chi connectivity index (χ1v) is 8.34. The van der Waals surface area contributed by atoms with Crippen molar-refractivity contribution < 1.29 is 19.4 Å². The molecule has 0 bridgehead atoms. The molecule has 1 heterocycles. The minimum Gasteiger partial charge on any atom is -0.494 e. The van der Waals surface area contributed by atoms with Gasteiger partial charge in [0.2, 0.25) is 0 Å². The summed E-state index contributed by atoms with van der Waals surface area (Å²) in [6, 6.07) is 15.4. The maximum atomic E-state index is 12.5. The fraction of sp³-hybridized carbons (Fsp3) is 0.150. The number of hydrogen-bond acceptors (Lipinski definition) is 4. The van der Waals surface area contributed by atoms with Crippen molar-refractivity contribution >= 4 is 11.9 Å². The van der Waals surface area contributed by atoms with Gasteiger partial charge in [0.05, 0.1) is 18.9 Å². The standard InChI is InChI=1S/C20H19N3O4/c1-27-18-10-6-5-9-17(18)23-13-15(12-21-23)19(24)22-16(20(25)26)11-14-7-3-2-4-8-14/h2-10,12-13,16H,11H2,1H3,(H,22,24)(H,25,26)/t16-/m0/s1. The van der Waals surface area contributed by atoms with Crippen LogP contribution < -0.4 is 10.1 Å². The molecule has 1 aromatic heterocycles. The predicted octanol–water partition coefficient (Wildman–Crippen LogP) is 2.31. The molecule has 0 aliphatic rings. The number of carboxylic acids is 1. The van der Waals surface area contributed by atoms with Crippen LogP contribution >= 0.6 is 0 Å². The van der Waals surface area contributed by atoms with Gasteiger partial charge in [0.15, 0.2) is 0 Å². The lowest BCUT2D eigenvalue weighted by atomic mass is 10.1. The summed E-state index contributed by atoms with van der Waals surface area (Å²) in [7, 11) is 1.55. The number of carbonyl (C=O) groups is 2. The van der Waals surface area contributed by atoms with Crippen molar-refractivity contribution in [3.05, 3.63) is 78.1 Å². The second-order valence-corrected chi connectivity index (χ2v) is 5.90. The maximum Gasteiger partial charge on any atom is 0.326 e. The van der Waals surface area contributed by atoms with E-state index in [1.807, 2.05) is 48.5 Å². The molecule has 3 aromatic rings. The second-order valence-electron chi connectivity index (χ2n) is 5.90. The molecule has 0 aliphatic carbocycles. The van der Waals surface area contributed by atoms with Gasteiger partial charge >= 0.3 is 5.97 Å². The van der Waals surface area contributed by atoms with Gasteiger partial charge in [-0.1, -0.05) is 42.5 Å². The number of methoxy groups -OCH3 is 1. The Morgan fingerprint density at radius 1 is 1.15 bits per heavy atom. The van der Waals surface area contributed by atoms with E-state index < -0.39 is 17.9 Å². The number of carbonyl (C=O) groups excluding carboxylic acids is 1. The van der Waals surface area contributed by atoms with Crippen LogP contribution in [0, 0.1) is 0 Å². The number of nitrogens with one attached hydrogen (secondary N) is 1. The molecule has 1 amide bonds. The summed E-state index contributed by atoms with van der Waals surface area (Å²) in [4.78, 5) is 24.0. The highest BCUT2D eigenvalue weighted by atomic mass is 16.5. The molecular formula is C20H19N3O4. The van der Waals surface area contributed by atoms with E-state index in [0.717, 1.165) is 5.56 Å². The summed E-state index contributed by atoms with van der Waals surface area (Å²) in [5.74, 6) is -0.983. The number of ether oxygens (including phenoxy) is 1. The number of aliphatic carboxylic acids is 1. The summed E-state index contributed by atoms with van der Waals surface area (Å²) < 4.78 is 6.81. The summed E-state index contributed by atoms with van der Waals surface area (Å²) >= 11 is 0. The Hall–Kier alpha value is -3.61. The highest BCUT2D eigenvalue weighted by molar-refractivity contribution is 5.96. The third-order valence-electron chi connectivity index (χ3n) is 4.06. The summed E-state index contributed by atoms with van der Waals surface area (Å²) in [6.45, 7) is 0. The molecule has 0 radical (unpaired) electrons. The molecule has 0 saturated heterocycles. The zero-order valence-electron chi connectivity index (χ0n) is 14.7. The van der Waals surface area contributed by atoms with Gasteiger partial charge < -0.3 is 15.2 Å². The van der Waals surface area contributed by atoms with Gasteiger partial charge in [-0.2, -0.15) is 5.10 Å². The van der Waals surface area contributed by atoms with E-state index in [-0.39, 0.29) is 12.0 Å². The topological polar surface area (TPSA) is 93.5 Å². The third kappa shape index (κ3) is 4.33. The summed E-state index contributed by atoms with van der Waals surface area (Å²) in [5.41, 5.74) is 1.77. The van der Waals surface area contributed by atoms with E-state index in [1.54, 1.807) is 13.2 Å². The predicted molar refractivity (Wildman–Crippen MR) is 99.2 cm³/mol. The molecule has 0 fully saturated rings. The Kier molecular flexibility index (Phi) is 5.51. The normalized spacial score (nSPS) is 11.6. The maximum absolute atomic E-state index is 12.5. The van der Waals surface area contributed by atoms with Crippen LogP contribution in [0.3, 0.4) is 0 Å². The lowest BCUT2D eigenvalue weighted by Gasteiger charge is -2.14. The molecule has 7 heteroatoms. The summed E-state index contributed by atoms with van der Waals surface area (Å²) in [6.07, 6.45) is 3.13. The zero-order valence-corrected chi connectivity index (χ0v) is 14.7. The Bertz CT molecular complexity index is 937. The molecule has 27 heavy (non-hydrogen) atoms. The number of para-hydroxylation sites is 2. The number of hydrogen-bond donors (Lipinski definition) is 2. The van der Waals surface area contributed by atoms with Gasteiger partial charge in [0, 0.05) is 12.6 Å².